The number of rotatable bonds is 7. The summed E-state index contributed by atoms with van der Waals surface area (Å²) >= 11 is 0. The molecule has 2 aromatic carbocycles. The lowest BCUT2D eigenvalue weighted by molar-refractivity contribution is -0.383. The van der Waals surface area contributed by atoms with Crippen molar-refractivity contribution in [2.75, 3.05) is 5.32 Å². The molecular weight excluding hydrogens is 376 g/mol. The number of nitrogens with zero attached hydrogens (tertiary/aromatic N) is 1. The average Bonchev–Trinajstić information content (AvgIpc) is 3.09. The maximum absolute atomic E-state index is 12.3. The second kappa shape index (κ2) is 8.55. The number of hydrogen-bond acceptors (Lipinski definition) is 6. The molecule has 3 rings (SSSR count). The first kappa shape index (κ1) is 20.1. The van der Waals surface area contributed by atoms with Gasteiger partial charge in [-0.05, 0) is 31.0 Å². The summed E-state index contributed by atoms with van der Waals surface area (Å²) in [7, 11) is 0. The minimum absolute atomic E-state index is 0.0398. The molecule has 0 aliphatic carbocycles. The number of amides is 1. The molecule has 0 radical (unpaired) electrons. The summed E-state index contributed by atoms with van der Waals surface area (Å²) < 4.78 is 10.7. The fraction of sp³-hybridized carbons (Fsp3) is 0.238. The first-order valence-electron chi connectivity index (χ1n) is 9.11. The van der Waals surface area contributed by atoms with Crippen molar-refractivity contribution in [3.05, 3.63) is 70.0 Å². The number of anilines is 1. The van der Waals surface area contributed by atoms with Crippen molar-refractivity contribution in [1.29, 1.82) is 0 Å². The molecule has 0 spiro atoms. The summed E-state index contributed by atoms with van der Waals surface area (Å²) in [5.74, 6) is -1.25. The van der Waals surface area contributed by atoms with Crippen molar-refractivity contribution in [2.45, 2.75) is 32.8 Å². The largest absolute Gasteiger partial charge is 0.464 e. The summed E-state index contributed by atoms with van der Waals surface area (Å²) in [6.07, 6.45) is 1.21. The number of nitrogens with one attached hydrogen (secondary N) is 1. The molecule has 0 fully saturated rings. The van der Waals surface area contributed by atoms with E-state index in [1.165, 1.54) is 31.4 Å². The summed E-state index contributed by atoms with van der Waals surface area (Å²) in [5, 5.41) is 14.3. The Balaban J connectivity index is 1.63. The Kier molecular flexibility index (Phi) is 5.92. The highest BCUT2D eigenvalue weighted by atomic mass is 16.6. The third-order valence-corrected chi connectivity index (χ3v) is 4.50. The van der Waals surface area contributed by atoms with E-state index >= 15 is 0 Å². The third kappa shape index (κ3) is 4.60. The molecule has 1 amide bonds. The number of carbonyl (C=O) groups excluding carboxylic acids is 2. The van der Waals surface area contributed by atoms with Crippen LogP contribution in [0.2, 0.25) is 0 Å². The van der Waals surface area contributed by atoms with Crippen LogP contribution in [0.1, 0.15) is 25.0 Å². The first-order valence-corrected chi connectivity index (χ1v) is 9.11. The predicted molar refractivity (Wildman–Crippen MR) is 107 cm³/mol. The molecule has 0 aliphatic heterocycles. The van der Waals surface area contributed by atoms with Gasteiger partial charge in [-0.2, -0.15) is 0 Å². The van der Waals surface area contributed by atoms with E-state index in [4.69, 9.17) is 9.15 Å². The lowest BCUT2D eigenvalue weighted by atomic mass is 10.1. The van der Waals surface area contributed by atoms with Crippen LogP contribution < -0.4 is 5.32 Å². The van der Waals surface area contributed by atoms with Gasteiger partial charge in [0.25, 0.3) is 11.6 Å². The number of benzene rings is 2. The van der Waals surface area contributed by atoms with E-state index in [9.17, 15) is 19.7 Å². The lowest BCUT2D eigenvalue weighted by Crippen LogP contribution is -2.30. The number of nitro groups is 1. The zero-order valence-electron chi connectivity index (χ0n) is 16.0. The predicted octanol–water partition coefficient (Wildman–Crippen LogP) is 4.02. The molecule has 1 N–H and O–H groups in total. The number of para-hydroxylation sites is 2. The van der Waals surface area contributed by atoms with Gasteiger partial charge in [0.1, 0.15) is 11.3 Å². The zero-order valence-corrected chi connectivity index (χ0v) is 16.0. The minimum atomic E-state index is -1.12. The topological polar surface area (TPSA) is 112 Å². The molecular formula is C21H20N2O6. The molecule has 8 nitrogen and oxygen atoms in total. The minimum Gasteiger partial charge on any atom is -0.464 e. The summed E-state index contributed by atoms with van der Waals surface area (Å²) in [6, 6.07) is 11.5. The van der Waals surface area contributed by atoms with Crippen molar-refractivity contribution in [3.8, 4) is 0 Å². The van der Waals surface area contributed by atoms with Crippen molar-refractivity contribution in [2.24, 2.45) is 0 Å². The molecule has 1 aromatic heterocycles. The van der Waals surface area contributed by atoms with Gasteiger partial charge in [-0.1, -0.05) is 31.2 Å². The fourth-order valence-electron chi connectivity index (χ4n) is 2.91. The summed E-state index contributed by atoms with van der Waals surface area (Å²) in [6.45, 7) is 3.45. The van der Waals surface area contributed by atoms with Gasteiger partial charge in [0.15, 0.2) is 6.10 Å². The fourth-order valence-corrected chi connectivity index (χ4v) is 2.91. The van der Waals surface area contributed by atoms with E-state index in [0.717, 1.165) is 17.4 Å². The van der Waals surface area contributed by atoms with Crippen molar-refractivity contribution >= 4 is 34.2 Å². The number of fused-ring (bicyclic) bond motifs is 1. The van der Waals surface area contributed by atoms with Crippen LogP contribution in [-0.4, -0.2) is 22.9 Å². The van der Waals surface area contributed by atoms with E-state index in [1.807, 2.05) is 25.1 Å². The standard InChI is InChI=1S/C21H20N2O6/c1-3-14-8-9-16-15(12-28-19(16)10-14)11-20(24)29-13(2)21(25)22-17-6-4-5-7-18(17)23(26)27/h4-10,12-13H,3,11H2,1-2H3,(H,22,25)/t13-/m0/s1. The first-order chi connectivity index (χ1) is 13.9. The van der Waals surface area contributed by atoms with Gasteiger partial charge in [0.2, 0.25) is 0 Å². The second-order valence-corrected chi connectivity index (χ2v) is 6.52. The van der Waals surface area contributed by atoms with E-state index in [1.54, 1.807) is 6.07 Å². The number of ether oxygens (including phenoxy) is 1. The van der Waals surface area contributed by atoms with Crippen LogP contribution >= 0.6 is 0 Å². The van der Waals surface area contributed by atoms with Crippen LogP contribution in [0, 0.1) is 10.1 Å². The third-order valence-electron chi connectivity index (χ3n) is 4.50. The van der Waals surface area contributed by atoms with Gasteiger partial charge in [0, 0.05) is 17.0 Å². The van der Waals surface area contributed by atoms with Crippen LogP contribution in [0.15, 0.2) is 53.1 Å². The highest BCUT2D eigenvalue weighted by molar-refractivity contribution is 5.97. The van der Waals surface area contributed by atoms with Gasteiger partial charge in [-0.3, -0.25) is 19.7 Å². The highest BCUT2D eigenvalue weighted by Gasteiger charge is 2.22. The van der Waals surface area contributed by atoms with Crippen LogP contribution in [0.25, 0.3) is 11.0 Å². The number of carbonyl (C=O) groups is 2. The Hall–Kier alpha value is -3.68. The van der Waals surface area contributed by atoms with Crippen molar-refractivity contribution in [3.63, 3.8) is 0 Å². The number of furan rings is 1. The highest BCUT2D eigenvalue weighted by Crippen LogP contribution is 2.25. The molecule has 0 aliphatic rings. The number of hydrogen-bond donors (Lipinski definition) is 1. The molecule has 8 heteroatoms. The maximum atomic E-state index is 12.3. The van der Waals surface area contributed by atoms with E-state index in [2.05, 4.69) is 5.32 Å². The van der Waals surface area contributed by atoms with E-state index < -0.39 is 22.9 Å². The van der Waals surface area contributed by atoms with Gasteiger partial charge in [0.05, 0.1) is 17.6 Å². The number of aryl methyl sites for hydroxylation is 1. The SMILES string of the molecule is CCc1ccc2c(CC(=O)O[C@@H](C)C(=O)Nc3ccccc3[N+](=O)[O-])coc2c1. The molecule has 1 atom stereocenters. The van der Waals surface area contributed by atoms with Crippen molar-refractivity contribution < 1.29 is 23.7 Å². The normalized spacial score (nSPS) is 11.8. The van der Waals surface area contributed by atoms with Crippen LogP contribution in [0.4, 0.5) is 11.4 Å². The van der Waals surface area contributed by atoms with Gasteiger partial charge in [-0.15, -0.1) is 0 Å². The number of nitro benzene ring substituents is 1. The quantitative estimate of drug-likeness (QED) is 0.367. The van der Waals surface area contributed by atoms with Gasteiger partial charge in [-0.25, -0.2) is 0 Å². The van der Waals surface area contributed by atoms with Gasteiger partial charge >= 0.3 is 5.97 Å². The molecule has 150 valence electrons. The van der Waals surface area contributed by atoms with Crippen LogP contribution in [0.3, 0.4) is 0 Å². The Labute approximate surface area is 166 Å². The van der Waals surface area contributed by atoms with Crippen LogP contribution in [0.5, 0.6) is 0 Å². The molecule has 0 saturated carbocycles. The molecule has 0 unspecified atom stereocenters. The maximum Gasteiger partial charge on any atom is 0.311 e. The summed E-state index contributed by atoms with van der Waals surface area (Å²) in [4.78, 5) is 35.0. The van der Waals surface area contributed by atoms with E-state index in [-0.39, 0.29) is 17.8 Å². The zero-order chi connectivity index (χ0) is 21.0. The molecule has 1 heterocycles. The summed E-state index contributed by atoms with van der Waals surface area (Å²) in [5.41, 5.74) is 2.28. The Bertz CT molecular complexity index is 1070. The monoisotopic (exact) mass is 396 g/mol. The molecule has 29 heavy (non-hydrogen) atoms. The van der Waals surface area contributed by atoms with Gasteiger partial charge < -0.3 is 14.5 Å². The smallest absolute Gasteiger partial charge is 0.311 e. The molecule has 0 bridgehead atoms. The lowest BCUT2D eigenvalue weighted by Gasteiger charge is -2.13. The van der Waals surface area contributed by atoms with Crippen molar-refractivity contribution in [1.82, 2.24) is 0 Å². The Morgan fingerprint density at radius 1 is 1.24 bits per heavy atom. The van der Waals surface area contributed by atoms with E-state index in [0.29, 0.717) is 11.1 Å². The molecule has 3 aromatic rings. The average molecular weight is 396 g/mol. The Morgan fingerprint density at radius 3 is 2.72 bits per heavy atom. The Morgan fingerprint density at radius 2 is 2.00 bits per heavy atom. The second-order valence-electron chi connectivity index (χ2n) is 6.52. The van der Waals surface area contributed by atoms with Crippen LogP contribution in [-0.2, 0) is 27.2 Å². The number of esters is 1. The molecule has 0 saturated heterocycles.